The van der Waals surface area contributed by atoms with Crippen molar-refractivity contribution in [2.24, 2.45) is 11.8 Å². The zero-order chi connectivity index (χ0) is 12.3. The van der Waals surface area contributed by atoms with Crippen molar-refractivity contribution in [1.82, 2.24) is 9.80 Å². The first kappa shape index (κ1) is 13.0. The number of Topliss-reactive ketones (excluding diaryl/α,β-unsaturated/α-hetero) is 1. The molecule has 2 unspecified atom stereocenters. The van der Waals surface area contributed by atoms with E-state index in [1.165, 1.54) is 13.1 Å². The highest BCUT2D eigenvalue weighted by Crippen LogP contribution is 2.26. The second kappa shape index (κ2) is 5.96. The Hall–Kier alpha value is -0.410. The standard InChI is InChI=1S/C14H26N2O/c1-3-15-6-8-16(9-7-15)11-13-10-12(2)4-5-14(13)17/h12-13H,3-11H2,1-2H3. The summed E-state index contributed by atoms with van der Waals surface area (Å²) in [4.78, 5) is 16.9. The van der Waals surface area contributed by atoms with Gasteiger partial charge in [0.1, 0.15) is 5.78 Å². The quantitative estimate of drug-likeness (QED) is 0.746. The van der Waals surface area contributed by atoms with Gasteiger partial charge >= 0.3 is 0 Å². The molecule has 3 heteroatoms. The number of hydrogen-bond acceptors (Lipinski definition) is 3. The maximum atomic E-state index is 11.9. The maximum Gasteiger partial charge on any atom is 0.137 e. The zero-order valence-electron chi connectivity index (χ0n) is 11.3. The van der Waals surface area contributed by atoms with E-state index < -0.39 is 0 Å². The van der Waals surface area contributed by atoms with Crippen LogP contribution in [0.2, 0.25) is 0 Å². The zero-order valence-corrected chi connectivity index (χ0v) is 11.3. The van der Waals surface area contributed by atoms with Crippen molar-refractivity contribution < 1.29 is 4.79 Å². The third-order valence-electron chi connectivity index (χ3n) is 4.42. The van der Waals surface area contributed by atoms with E-state index in [0.29, 0.717) is 11.7 Å². The average molecular weight is 238 g/mol. The molecule has 1 aliphatic heterocycles. The smallest absolute Gasteiger partial charge is 0.137 e. The van der Waals surface area contributed by atoms with Gasteiger partial charge in [-0.05, 0) is 25.3 Å². The van der Waals surface area contributed by atoms with Crippen LogP contribution in [-0.2, 0) is 4.79 Å². The summed E-state index contributed by atoms with van der Waals surface area (Å²) in [7, 11) is 0. The van der Waals surface area contributed by atoms with Crippen molar-refractivity contribution in [3.8, 4) is 0 Å². The van der Waals surface area contributed by atoms with E-state index in [1.807, 2.05) is 0 Å². The summed E-state index contributed by atoms with van der Waals surface area (Å²) in [6, 6.07) is 0. The number of rotatable bonds is 3. The minimum absolute atomic E-state index is 0.326. The van der Waals surface area contributed by atoms with Crippen molar-refractivity contribution in [3.63, 3.8) is 0 Å². The molecule has 17 heavy (non-hydrogen) atoms. The molecule has 1 heterocycles. The van der Waals surface area contributed by atoms with Crippen LogP contribution in [-0.4, -0.2) is 54.9 Å². The van der Waals surface area contributed by atoms with Crippen molar-refractivity contribution >= 4 is 5.78 Å². The minimum atomic E-state index is 0.326. The summed E-state index contributed by atoms with van der Waals surface area (Å²) in [6.45, 7) is 11.3. The van der Waals surface area contributed by atoms with Gasteiger partial charge in [-0.3, -0.25) is 4.79 Å². The number of piperazine rings is 1. The van der Waals surface area contributed by atoms with Crippen LogP contribution in [0, 0.1) is 11.8 Å². The minimum Gasteiger partial charge on any atom is -0.301 e. The summed E-state index contributed by atoms with van der Waals surface area (Å²) in [5.74, 6) is 1.59. The molecule has 0 amide bonds. The largest absolute Gasteiger partial charge is 0.301 e. The van der Waals surface area contributed by atoms with Gasteiger partial charge in [-0.2, -0.15) is 0 Å². The van der Waals surface area contributed by atoms with Gasteiger partial charge in [-0.15, -0.1) is 0 Å². The van der Waals surface area contributed by atoms with E-state index >= 15 is 0 Å². The fraction of sp³-hybridized carbons (Fsp3) is 0.929. The van der Waals surface area contributed by atoms with Crippen LogP contribution in [0.25, 0.3) is 0 Å². The molecule has 3 nitrogen and oxygen atoms in total. The number of ketones is 1. The molecule has 0 aromatic carbocycles. The van der Waals surface area contributed by atoms with Gasteiger partial charge in [0.25, 0.3) is 0 Å². The molecule has 0 spiro atoms. The molecule has 2 aliphatic rings. The molecular weight excluding hydrogens is 212 g/mol. The molecule has 0 aromatic heterocycles. The number of nitrogens with zero attached hydrogens (tertiary/aromatic N) is 2. The molecule has 0 bridgehead atoms. The van der Waals surface area contributed by atoms with Gasteiger partial charge in [-0.25, -0.2) is 0 Å². The first-order chi connectivity index (χ1) is 8.19. The molecule has 2 rings (SSSR count). The fourth-order valence-electron chi connectivity index (χ4n) is 3.10. The third-order valence-corrected chi connectivity index (χ3v) is 4.42. The number of hydrogen-bond donors (Lipinski definition) is 0. The maximum absolute atomic E-state index is 11.9. The highest BCUT2D eigenvalue weighted by atomic mass is 16.1. The molecule has 0 radical (unpaired) electrons. The Morgan fingerprint density at radius 3 is 2.47 bits per heavy atom. The molecule has 2 fully saturated rings. The van der Waals surface area contributed by atoms with E-state index in [1.54, 1.807) is 0 Å². The lowest BCUT2D eigenvalue weighted by Crippen LogP contribution is -2.48. The number of carbonyl (C=O) groups is 1. The average Bonchev–Trinajstić information content (AvgIpc) is 2.35. The van der Waals surface area contributed by atoms with Crippen molar-refractivity contribution in [1.29, 1.82) is 0 Å². The molecular formula is C14H26N2O. The summed E-state index contributed by atoms with van der Waals surface area (Å²) < 4.78 is 0. The highest BCUT2D eigenvalue weighted by Gasteiger charge is 2.28. The van der Waals surface area contributed by atoms with Gasteiger partial charge in [0.2, 0.25) is 0 Å². The Morgan fingerprint density at radius 2 is 1.82 bits per heavy atom. The van der Waals surface area contributed by atoms with Crippen LogP contribution >= 0.6 is 0 Å². The normalized spacial score (nSPS) is 32.9. The van der Waals surface area contributed by atoms with Gasteiger partial charge in [0.15, 0.2) is 0 Å². The second-order valence-corrected chi connectivity index (χ2v) is 5.78. The van der Waals surface area contributed by atoms with E-state index in [4.69, 9.17) is 0 Å². The summed E-state index contributed by atoms with van der Waals surface area (Å²) in [6.07, 6.45) is 3.05. The lowest BCUT2D eigenvalue weighted by molar-refractivity contribution is -0.126. The summed E-state index contributed by atoms with van der Waals surface area (Å²) in [5.41, 5.74) is 0. The predicted octanol–water partition coefficient (Wildman–Crippen LogP) is 1.63. The van der Waals surface area contributed by atoms with Crippen molar-refractivity contribution in [3.05, 3.63) is 0 Å². The van der Waals surface area contributed by atoms with Gasteiger partial charge in [0.05, 0.1) is 0 Å². The molecule has 98 valence electrons. The SMILES string of the molecule is CCN1CCN(CC2CC(C)CCC2=O)CC1. The van der Waals surface area contributed by atoms with Crippen LogP contribution in [0.4, 0.5) is 0 Å². The lowest BCUT2D eigenvalue weighted by atomic mass is 9.81. The molecule has 0 aromatic rings. The predicted molar refractivity (Wildman–Crippen MR) is 70.1 cm³/mol. The molecule has 1 saturated carbocycles. The van der Waals surface area contributed by atoms with E-state index in [2.05, 4.69) is 23.6 Å². The van der Waals surface area contributed by atoms with E-state index in [0.717, 1.165) is 51.4 Å². The van der Waals surface area contributed by atoms with Crippen LogP contribution in [0.1, 0.15) is 33.1 Å². The third kappa shape index (κ3) is 3.52. The Kier molecular flexibility index (Phi) is 4.57. The van der Waals surface area contributed by atoms with Crippen LogP contribution in [0.3, 0.4) is 0 Å². The lowest BCUT2D eigenvalue weighted by Gasteiger charge is -2.37. The Labute approximate surface area is 105 Å². The van der Waals surface area contributed by atoms with Gasteiger partial charge in [0, 0.05) is 45.1 Å². The first-order valence-electron chi connectivity index (χ1n) is 7.16. The fourth-order valence-corrected chi connectivity index (χ4v) is 3.10. The molecule has 1 aliphatic carbocycles. The Morgan fingerprint density at radius 1 is 1.18 bits per heavy atom. The Balaban J connectivity index is 1.78. The second-order valence-electron chi connectivity index (χ2n) is 5.78. The molecule has 0 N–H and O–H groups in total. The monoisotopic (exact) mass is 238 g/mol. The summed E-state index contributed by atoms with van der Waals surface area (Å²) >= 11 is 0. The summed E-state index contributed by atoms with van der Waals surface area (Å²) in [5, 5.41) is 0. The van der Waals surface area contributed by atoms with Crippen LogP contribution in [0.5, 0.6) is 0 Å². The number of carbonyl (C=O) groups excluding carboxylic acids is 1. The van der Waals surface area contributed by atoms with E-state index in [9.17, 15) is 4.79 Å². The van der Waals surface area contributed by atoms with E-state index in [-0.39, 0.29) is 0 Å². The van der Waals surface area contributed by atoms with Crippen molar-refractivity contribution in [2.75, 3.05) is 39.3 Å². The first-order valence-corrected chi connectivity index (χ1v) is 7.16. The topological polar surface area (TPSA) is 23.6 Å². The van der Waals surface area contributed by atoms with Gasteiger partial charge in [-0.1, -0.05) is 13.8 Å². The highest BCUT2D eigenvalue weighted by molar-refractivity contribution is 5.81. The Bertz CT molecular complexity index is 259. The van der Waals surface area contributed by atoms with Crippen LogP contribution < -0.4 is 0 Å². The van der Waals surface area contributed by atoms with Crippen LogP contribution in [0.15, 0.2) is 0 Å². The molecule has 2 atom stereocenters. The van der Waals surface area contributed by atoms with Gasteiger partial charge < -0.3 is 9.80 Å². The van der Waals surface area contributed by atoms with Crippen molar-refractivity contribution in [2.45, 2.75) is 33.1 Å². The molecule has 1 saturated heterocycles. The number of likely N-dealkylation sites (N-methyl/N-ethyl adjacent to an activating group) is 1.